The normalized spacial score (nSPS) is 28.7. The van der Waals surface area contributed by atoms with E-state index in [0.717, 1.165) is 16.6 Å². The molecule has 7 nitrogen and oxygen atoms in total. The molecule has 3 aliphatic rings. The fraction of sp³-hybridized carbons (Fsp3) is 0.480. The van der Waals surface area contributed by atoms with Crippen LogP contribution in [0.2, 0.25) is 0 Å². The molecule has 1 spiro atoms. The number of hydrogen-bond donors (Lipinski definition) is 1. The molecule has 1 amide bonds. The van der Waals surface area contributed by atoms with Crippen LogP contribution in [0.5, 0.6) is 5.75 Å². The van der Waals surface area contributed by atoms with Crippen molar-refractivity contribution in [3.05, 3.63) is 48.3 Å². The molecule has 1 aliphatic carbocycles. The van der Waals surface area contributed by atoms with Gasteiger partial charge >= 0.3 is 6.18 Å². The fourth-order valence-electron chi connectivity index (χ4n) is 5.80. The quantitative estimate of drug-likeness (QED) is 0.586. The molecule has 0 bridgehead atoms. The second kappa shape index (κ2) is 8.22. The summed E-state index contributed by atoms with van der Waals surface area (Å²) < 4.78 is 51.0. The van der Waals surface area contributed by atoms with Gasteiger partial charge in [-0.25, -0.2) is 4.98 Å². The summed E-state index contributed by atoms with van der Waals surface area (Å²) in [5, 5.41) is 7.66. The summed E-state index contributed by atoms with van der Waals surface area (Å²) in [4.78, 5) is 19.7. The average Bonchev–Trinajstić information content (AvgIpc) is 3.56. The van der Waals surface area contributed by atoms with Crippen LogP contribution in [0.3, 0.4) is 0 Å². The predicted molar refractivity (Wildman–Crippen MR) is 121 cm³/mol. The van der Waals surface area contributed by atoms with E-state index in [9.17, 15) is 18.0 Å². The van der Waals surface area contributed by atoms with Crippen LogP contribution in [0.4, 0.5) is 18.9 Å². The highest BCUT2D eigenvalue weighted by atomic mass is 19.4. The number of carbonyl (C=O) groups excluding carboxylic acids is 1. The number of anilines is 1. The lowest BCUT2D eigenvalue weighted by Gasteiger charge is -2.36. The van der Waals surface area contributed by atoms with Crippen molar-refractivity contribution < 1.29 is 27.4 Å². The Morgan fingerprint density at radius 1 is 1.20 bits per heavy atom. The minimum atomic E-state index is -4.28. The SMILES string of the molecule is O=C1N(CC2CC(C(F)(F)F)CO2)c2ccccc2C12CCC(Oc1cnc3[nH]ncc3c1)CC2. The number of fused-ring (bicyclic) bond motifs is 3. The largest absolute Gasteiger partial charge is 0.489 e. The van der Waals surface area contributed by atoms with E-state index in [0.29, 0.717) is 37.1 Å². The molecule has 6 rings (SSSR count). The maximum atomic E-state index is 13.8. The zero-order valence-electron chi connectivity index (χ0n) is 18.9. The van der Waals surface area contributed by atoms with Gasteiger partial charge in [-0.2, -0.15) is 18.3 Å². The van der Waals surface area contributed by atoms with E-state index in [-0.39, 0.29) is 31.6 Å². The van der Waals surface area contributed by atoms with Gasteiger partial charge in [0, 0.05) is 11.1 Å². The number of H-pyrrole nitrogens is 1. The molecule has 1 N–H and O–H groups in total. The van der Waals surface area contributed by atoms with Gasteiger partial charge in [0.25, 0.3) is 0 Å². The minimum absolute atomic E-state index is 0.0438. The van der Waals surface area contributed by atoms with Gasteiger partial charge in [0.15, 0.2) is 5.65 Å². The van der Waals surface area contributed by atoms with Gasteiger partial charge in [-0.3, -0.25) is 9.89 Å². The molecule has 1 saturated heterocycles. The highest BCUT2D eigenvalue weighted by Crippen LogP contribution is 2.51. The Hall–Kier alpha value is -3.14. The Balaban J connectivity index is 1.17. The summed E-state index contributed by atoms with van der Waals surface area (Å²) in [5.74, 6) is -0.854. The number of pyridine rings is 1. The number of nitrogens with one attached hydrogen (secondary N) is 1. The second-order valence-electron chi connectivity index (χ2n) is 9.74. The van der Waals surface area contributed by atoms with E-state index >= 15 is 0 Å². The summed E-state index contributed by atoms with van der Waals surface area (Å²) in [5.41, 5.74) is 1.76. The molecule has 2 aliphatic heterocycles. The van der Waals surface area contributed by atoms with E-state index < -0.39 is 23.6 Å². The monoisotopic (exact) mass is 486 g/mol. The molecular weight excluding hydrogens is 461 g/mol. The topological polar surface area (TPSA) is 80.3 Å². The van der Waals surface area contributed by atoms with Crippen molar-refractivity contribution in [1.82, 2.24) is 15.2 Å². The van der Waals surface area contributed by atoms with Crippen LogP contribution >= 0.6 is 0 Å². The predicted octanol–water partition coefficient (Wildman–Crippen LogP) is 4.53. The van der Waals surface area contributed by atoms with Crippen LogP contribution in [0.25, 0.3) is 11.0 Å². The summed E-state index contributed by atoms with van der Waals surface area (Å²) in [7, 11) is 0. The zero-order valence-corrected chi connectivity index (χ0v) is 18.9. The van der Waals surface area contributed by atoms with Gasteiger partial charge in [-0.1, -0.05) is 18.2 Å². The number of alkyl halides is 3. The first-order valence-electron chi connectivity index (χ1n) is 11.9. The first kappa shape index (κ1) is 22.3. The van der Waals surface area contributed by atoms with Crippen molar-refractivity contribution in [2.24, 2.45) is 5.92 Å². The first-order valence-corrected chi connectivity index (χ1v) is 11.9. The van der Waals surface area contributed by atoms with Crippen LogP contribution in [-0.4, -0.2) is 52.6 Å². The molecule has 1 aromatic carbocycles. The summed E-state index contributed by atoms with van der Waals surface area (Å²) in [6, 6.07) is 9.52. The summed E-state index contributed by atoms with van der Waals surface area (Å²) in [6.45, 7) is -0.206. The molecule has 184 valence electrons. The number of ether oxygens (including phenoxy) is 2. The number of aromatic amines is 1. The zero-order chi connectivity index (χ0) is 24.2. The molecule has 10 heteroatoms. The Morgan fingerprint density at radius 3 is 2.77 bits per heavy atom. The molecule has 2 atom stereocenters. The Kier molecular flexibility index (Phi) is 5.24. The third kappa shape index (κ3) is 3.84. The van der Waals surface area contributed by atoms with Crippen molar-refractivity contribution in [1.29, 1.82) is 0 Å². The Morgan fingerprint density at radius 2 is 2.00 bits per heavy atom. The van der Waals surface area contributed by atoms with Crippen molar-refractivity contribution in [2.75, 3.05) is 18.1 Å². The summed E-state index contributed by atoms with van der Waals surface area (Å²) in [6.07, 6.45) is 0.888. The number of benzene rings is 1. The highest BCUT2D eigenvalue weighted by molar-refractivity contribution is 6.08. The number of amides is 1. The number of aromatic nitrogens is 3. The Bertz CT molecular complexity index is 1250. The van der Waals surface area contributed by atoms with Crippen LogP contribution in [0.1, 0.15) is 37.7 Å². The van der Waals surface area contributed by atoms with E-state index in [2.05, 4.69) is 15.2 Å². The molecule has 1 saturated carbocycles. The molecule has 0 radical (unpaired) electrons. The number of hydrogen-bond acceptors (Lipinski definition) is 5. The number of rotatable bonds is 4. The lowest BCUT2D eigenvalue weighted by Crippen LogP contribution is -2.46. The molecule has 4 heterocycles. The van der Waals surface area contributed by atoms with Gasteiger partial charge in [0.1, 0.15) is 5.75 Å². The highest BCUT2D eigenvalue weighted by Gasteiger charge is 2.53. The molecular formula is C25H25F3N4O3. The van der Waals surface area contributed by atoms with Crippen LogP contribution in [0, 0.1) is 5.92 Å². The number of nitrogens with zero attached hydrogens (tertiary/aromatic N) is 3. The van der Waals surface area contributed by atoms with Gasteiger partial charge in [-0.15, -0.1) is 0 Å². The average molecular weight is 486 g/mol. The maximum Gasteiger partial charge on any atom is 0.394 e. The Labute approximate surface area is 199 Å². The van der Waals surface area contributed by atoms with Crippen LogP contribution in [-0.2, 0) is 14.9 Å². The van der Waals surface area contributed by atoms with Crippen molar-refractivity contribution >= 4 is 22.6 Å². The third-order valence-corrected chi connectivity index (χ3v) is 7.65. The molecule has 2 unspecified atom stereocenters. The van der Waals surface area contributed by atoms with E-state index in [1.807, 2.05) is 30.3 Å². The summed E-state index contributed by atoms with van der Waals surface area (Å²) >= 11 is 0. The first-order chi connectivity index (χ1) is 16.8. The molecule has 3 aromatic rings. The number of carbonyl (C=O) groups is 1. The standard InChI is InChI=1S/C25H25F3N4O3/c26-25(27,28)16-10-19(34-14-16)13-32-21-4-2-1-3-20(21)24(23(32)33)7-5-17(6-8-24)35-18-9-15-11-30-31-22(15)29-12-18/h1-4,9,11-12,16-17,19H,5-8,10,13-14H2,(H,29,30,31). The lowest BCUT2D eigenvalue weighted by molar-refractivity contribution is -0.173. The number of para-hydroxylation sites is 1. The van der Waals surface area contributed by atoms with Gasteiger partial charge in [-0.05, 0) is 49.8 Å². The van der Waals surface area contributed by atoms with Crippen molar-refractivity contribution in [3.63, 3.8) is 0 Å². The van der Waals surface area contributed by atoms with Gasteiger partial charge < -0.3 is 14.4 Å². The van der Waals surface area contributed by atoms with Gasteiger partial charge in [0.05, 0.1) is 49.1 Å². The number of halogens is 3. The van der Waals surface area contributed by atoms with Crippen molar-refractivity contribution in [2.45, 2.75) is 55.9 Å². The van der Waals surface area contributed by atoms with E-state index in [4.69, 9.17) is 9.47 Å². The van der Waals surface area contributed by atoms with Crippen molar-refractivity contribution in [3.8, 4) is 5.75 Å². The molecule has 35 heavy (non-hydrogen) atoms. The molecule has 2 aromatic heterocycles. The smallest absolute Gasteiger partial charge is 0.394 e. The third-order valence-electron chi connectivity index (χ3n) is 7.65. The maximum absolute atomic E-state index is 13.8. The van der Waals surface area contributed by atoms with E-state index in [1.54, 1.807) is 17.3 Å². The van der Waals surface area contributed by atoms with Gasteiger partial charge in [0.2, 0.25) is 5.91 Å². The lowest BCUT2D eigenvalue weighted by atomic mass is 9.69. The fourth-order valence-corrected chi connectivity index (χ4v) is 5.80. The van der Waals surface area contributed by atoms with Crippen LogP contribution < -0.4 is 9.64 Å². The van der Waals surface area contributed by atoms with E-state index in [1.165, 1.54) is 0 Å². The second-order valence-corrected chi connectivity index (χ2v) is 9.74. The van der Waals surface area contributed by atoms with Crippen LogP contribution in [0.15, 0.2) is 42.7 Å². The molecule has 2 fully saturated rings. The minimum Gasteiger partial charge on any atom is -0.489 e.